The summed E-state index contributed by atoms with van der Waals surface area (Å²) in [5.41, 5.74) is 4.24. The van der Waals surface area contributed by atoms with Crippen LogP contribution in [0.5, 0.6) is 0 Å². The van der Waals surface area contributed by atoms with E-state index in [4.69, 9.17) is 0 Å². The molecule has 0 radical (unpaired) electrons. The maximum absolute atomic E-state index is 4.60. The summed E-state index contributed by atoms with van der Waals surface area (Å²) in [5.74, 6) is 0. The van der Waals surface area contributed by atoms with Crippen molar-refractivity contribution in [3.63, 3.8) is 0 Å². The summed E-state index contributed by atoms with van der Waals surface area (Å²) in [4.78, 5) is 4.60. The number of hydrogen-bond donors (Lipinski definition) is 0. The molecule has 1 aliphatic rings. The molecule has 0 bridgehead atoms. The molecule has 20 heavy (non-hydrogen) atoms. The van der Waals surface area contributed by atoms with Crippen LogP contribution < -0.4 is 0 Å². The Morgan fingerprint density at radius 3 is 2.60 bits per heavy atom. The molecule has 1 nitrogen and oxygen atoms in total. The first-order chi connectivity index (χ1) is 9.51. The minimum Gasteiger partial charge on any atom is -0.256 e. The lowest BCUT2D eigenvalue weighted by atomic mass is 9.76. The van der Waals surface area contributed by atoms with Crippen molar-refractivity contribution < 1.29 is 0 Å². The van der Waals surface area contributed by atoms with Gasteiger partial charge in [-0.1, -0.05) is 39.1 Å². The monoisotopic (exact) mass is 277 g/mol. The van der Waals surface area contributed by atoms with E-state index in [0.717, 1.165) is 16.8 Å². The van der Waals surface area contributed by atoms with Crippen molar-refractivity contribution in [1.82, 2.24) is 4.98 Å². The highest BCUT2D eigenvalue weighted by Crippen LogP contribution is 2.49. The zero-order valence-electron chi connectivity index (χ0n) is 11.7. The molecule has 0 fully saturated rings. The van der Waals surface area contributed by atoms with Crippen molar-refractivity contribution in [2.45, 2.75) is 19.3 Å². The third kappa shape index (κ3) is 1.25. The molecule has 0 atom stereocenters. The number of thiophene rings is 1. The number of benzene rings is 1. The molecule has 0 aliphatic heterocycles. The highest BCUT2D eigenvalue weighted by Gasteiger charge is 2.33. The number of nitrogens with zero attached hydrogens (tertiary/aromatic N) is 1. The number of aromatic nitrogens is 1. The van der Waals surface area contributed by atoms with Crippen LogP contribution in [0.3, 0.4) is 0 Å². The largest absolute Gasteiger partial charge is 0.256 e. The maximum Gasteiger partial charge on any atom is 0.0792 e. The molecular weight excluding hydrogens is 262 g/mol. The Morgan fingerprint density at radius 1 is 1.05 bits per heavy atom. The van der Waals surface area contributed by atoms with Crippen LogP contribution in [-0.2, 0) is 5.41 Å². The van der Waals surface area contributed by atoms with Crippen molar-refractivity contribution in [1.29, 1.82) is 0 Å². The van der Waals surface area contributed by atoms with Crippen LogP contribution >= 0.6 is 11.3 Å². The molecule has 2 aromatic heterocycles. The summed E-state index contributed by atoms with van der Waals surface area (Å²) in [6, 6.07) is 8.65. The van der Waals surface area contributed by atoms with Gasteiger partial charge in [0, 0.05) is 31.8 Å². The second-order valence-electron chi connectivity index (χ2n) is 5.90. The van der Waals surface area contributed by atoms with Crippen LogP contribution in [0, 0.1) is 0 Å². The molecule has 3 aromatic rings. The van der Waals surface area contributed by atoms with Gasteiger partial charge in [-0.25, -0.2) is 0 Å². The van der Waals surface area contributed by atoms with E-state index in [-0.39, 0.29) is 5.41 Å². The molecule has 1 aromatic carbocycles. The minimum absolute atomic E-state index is 0.120. The van der Waals surface area contributed by atoms with Crippen molar-refractivity contribution in [3.05, 3.63) is 60.5 Å². The first-order valence-corrected chi connectivity index (χ1v) is 7.53. The Hall–Kier alpha value is -1.93. The van der Waals surface area contributed by atoms with E-state index in [1.165, 1.54) is 25.7 Å². The zero-order valence-corrected chi connectivity index (χ0v) is 12.5. The second kappa shape index (κ2) is 3.58. The summed E-state index contributed by atoms with van der Waals surface area (Å²) in [6.07, 6.45) is 1.88. The molecule has 1 aliphatic carbocycles. The highest BCUT2D eigenvalue weighted by atomic mass is 32.1. The fourth-order valence-corrected chi connectivity index (χ4v) is 4.32. The smallest absolute Gasteiger partial charge is 0.0792 e. The van der Waals surface area contributed by atoms with E-state index in [2.05, 4.69) is 56.3 Å². The quantitative estimate of drug-likeness (QED) is 0.542. The van der Waals surface area contributed by atoms with Crippen LogP contribution in [0.25, 0.3) is 25.7 Å². The first-order valence-electron chi connectivity index (χ1n) is 6.71. The van der Waals surface area contributed by atoms with Crippen LogP contribution in [0.15, 0.2) is 49.2 Å². The van der Waals surface area contributed by atoms with Gasteiger partial charge in [-0.2, -0.15) is 0 Å². The van der Waals surface area contributed by atoms with Gasteiger partial charge >= 0.3 is 0 Å². The van der Waals surface area contributed by atoms with Gasteiger partial charge in [0.05, 0.1) is 5.69 Å². The van der Waals surface area contributed by atoms with Gasteiger partial charge in [0.1, 0.15) is 0 Å². The Morgan fingerprint density at radius 2 is 1.80 bits per heavy atom. The fourth-order valence-electron chi connectivity index (χ4n) is 3.20. The average Bonchev–Trinajstić information content (AvgIpc) is 2.80. The maximum atomic E-state index is 4.60. The van der Waals surface area contributed by atoms with Gasteiger partial charge in [0.2, 0.25) is 0 Å². The average molecular weight is 277 g/mol. The molecular formula is C18H15NS. The topological polar surface area (TPSA) is 12.9 Å². The lowest BCUT2D eigenvalue weighted by Crippen LogP contribution is -2.19. The molecule has 0 saturated carbocycles. The molecule has 2 heterocycles. The molecule has 0 N–H and O–H groups in total. The van der Waals surface area contributed by atoms with Crippen LogP contribution in [0.1, 0.15) is 25.1 Å². The normalized spacial score (nSPS) is 17.1. The summed E-state index contributed by atoms with van der Waals surface area (Å²) in [6.45, 7) is 13.0. The number of pyridine rings is 1. The van der Waals surface area contributed by atoms with Crippen molar-refractivity contribution >= 4 is 37.1 Å². The fraction of sp³-hybridized carbons (Fsp3) is 0.167. The molecule has 0 amide bonds. The predicted molar refractivity (Wildman–Crippen MR) is 88.3 cm³/mol. The summed E-state index contributed by atoms with van der Waals surface area (Å²) in [7, 11) is 0. The third-order valence-electron chi connectivity index (χ3n) is 4.49. The van der Waals surface area contributed by atoms with E-state index in [1.54, 1.807) is 0 Å². The van der Waals surface area contributed by atoms with Gasteiger partial charge in [-0.15, -0.1) is 11.3 Å². The second-order valence-corrected chi connectivity index (χ2v) is 6.98. The van der Waals surface area contributed by atoms with E-state index < -0.39 is 0 Å². The summed E-state index contributed by atoms with van der Waals surface area (Å²) >= 11 is 1.83. The van der Waals surface area contributed by atoms with Gasteiger partial charge in [-0.05, 0) is 28.8 Å². The number of hydrogen-bond acceptors (Lipinski definition) is 2. The number of allylic oxidation sites excluding steroid dienone is 2. The molecule has 4 rings (SSSR count). The van der Waals surface area contributed by atoms with Gasteiger partial charge in [0.15, 0.2) is 0 Å². The van der Waals surface area contributed by atoms with E-state index >= 15 is 0 Å². The van der Waals surface area contributed by atoms with Crippen molar-refractivity contribution in [2.24, 2.45) is 0 Å². The van der Waals surface area contributed by atoms with E-state index in [0.29, 0.717) is 0 Å². The van der Waals surface area contributed by atoms with Crippen molar-refractivity contribution in [3.8, 4) is 0 Å². The van der Waals surface area contributed by atoms with E-state index in [9.17, 15) is 0 Å². The Balaban J connectivity index is 2.36. The number of rotatable bonds is 0. The molecule has 2 heteroatoms. The van der Waals surface area contributed by atoms with Crippen LogP contribution in [0.4, 0.5) is 0 Å². The Labute approximate surface area is 122 Å². The van der Waals surface area contributed by atoms with Gasteiger partial charge in [-0.3, -0.25) is 4.98 Å². The summed E-state index contributed by atoms with van der Waals surface area (Å²) in [5, 5.41) is 2.58. The van der Waals surface area contributed by atoms with Gasteiger partial charge < -0.3 is 0 Å². The summed E-state index contributed by atoms with van der Waals surface area (Å²) < 4.78 is 2.60. The van der Waals surface area contributed by atoms with Gasteiger partial charge in [0.25, 0.3) is 0 Å². The van der Waals surface area contributed by atoms with Crippen molar-refractivity contribution in [2.75, 3.05) is 0 Å². The standard InChI is InChI=1S/C18H15NS/c1-10-11(2)18(3,4)12-6-5-7-13-15(12)16-14(20-13)8-9-19-17(10)16/h5-9H,1-2H2,3-4H3. The molecule has 0 unspecified atom stereocenters. The Kier molecular flexibility index (Phi) is 2.13. The third-order valence-corrected chi connectivity index (χ3v) is 5.61. The lowest BCUT2D eigenvalue weighted by molar-refractivity contribution is 0.653. The minimum atomic E-state index is -0.120. The molecule has 98 valence electrons. The molecule has 0 saturated heterocycles. The first kappa shape index (κ1) is 11.9. The lowest BCUT2D eigenvalue weighted by Gasteiger charge is -2.28. The zero-order chi connectivity index (χ0) is 14.1. The SMILES string of the molecule is C=C1C(=C)C(C)(C)c2cccc3sc4ccnc1c4c23. The molecule has 0 spiro atoms. The predicted octanol–water partition coefficient (Wildman–Crippen LogP) is 5.31. The van der Waals surface area contributed by atoms with E-state index in [1.807, 2.05) is 17.5 Å². The van der Waals surface area contributed by atoms with Crippen LogP contribution in [0.2, 0.25) is 0 Å². The highest BCUT2D eigenvalue weighted by molar-refractivity contribution is 7.25. The van der Waals surface area contributed by atoms with Crippen LogP contribution in [-0.4, -0.2) is 4.98 Å². The Bertz CT molecular complexity index is 912.